The Balaban J connectivity index is 3.19. The molecule has 0 saturated heterocycles. The van der Waals surface area contributed by atoms with Crippen LogP contribution in [0.3, 0.4) is 0 Å². The van der Waals surface area contributed by atoms with Gasteiger partial charge in [0, 0.05) is 13.2 Å². The predicted octanol–water partition coefficient (Wildman–Crippen LogP) is 4.01. The van der Waals surface area contributed by atoms with Gasteiger partial charge in [-0.05, 0) is 33.6 Å². The van der Waals surface area contributed by atoms with Gasteiger partial charge in [-0.3, -0.25) is 0 Å². The molecule has 0 atom stereocenters. The van der Waals surface area contributed by atoms with E-state index in [0.29, 0.717) is 13.2 Å². The number of carbonyl (C=O) groups excluding carboxylic acids is 1. The highest BCUT2D eigenvalue weighted by Crippen LogP contribution is 2.09. The first-order valence-corrected chi connectivity index (χ1v) is 8.03. The lowest BCUT2D eigenvalue weighted by molar-refractivity contribution is 0.0527. The lowest BCUT2D eigenvalue weighted by atomic mass is 10.1. The minimum Gasteiger partial charge on any atom is -0.444 e. The van der Waals surface area contributed by atoms with Crippen LogP contribution >= 0.6 is 0 Å². The van der Waals surface area contributed by atoms with Crippen LogP contribution in [0, 0.1) is 0 Å². The van der Waals surface area contributed by atoms with Crippen molar-refractivity contribution < 1.29 is 14.6 Å². The Kier molecular flexibility index (Phi) is 11.5. The second-order valence-electron chi connectivity index (χ2n) is 6.33. The molecule has 0 spiro atoms. The number of amides is 1. The van der Waals surface area contributed by atoms with Crippen molar-refractivity contribution in [1.29, 1.82) is 0 Å². The van der Waals surface area contributed by atoms with Crippen molar-refractivity contribution in [3.8, 4) is 0 Å². The van der Waals surface area contributed by atoms with Crippen molar-refractivity contribution in [2.24, 2.45) is 0 Å². The van der Waals surface area contributed by atoms with Crippen LogP contribution in [0.4, 0.5) is 4.79 Å². The smallest absolute Gasteiger partial charge is 0.407 e. The fraction of sp³-hybridized carbons (Fsp3) is 0.938. The van der Waals surface area contributed by atoms with Crippen LogP contribution in [-0.4, -0.2) is 30.0 Å². The molecule has 20 heavy (non-hydrogen) atoms. The van der Waals surface area contributed by atoms with Gasteiger partial charge >= 0.3 is 6.09 Å². The molecule has 0 heterocycles. The highest BCUT2D eigenvalue weighted by Gasteiger charge is 2.15. The molecule has 0 fully saturated rings. The van der Waals surface area contributed by atoms with Gasteiger partial charge in [0.2, 0.25) is 0 Å². The summed E-state index contributed by atoms with van der Waals surface area (Å²) in [7, 11) is 0. The van der Waals surface area contributed by atoms with Crippen LogP contribution < -0.4 is 5.32 Å². The Bertz CT molecular complexity index is 236. The molecule has 120 valence electrons. The van der Waals surface area contributed by atoms with Crippen LogP contribution in [-0.2, 0) is 4.74 Å². The summed E-state index contributed by atoms with van der Waals surface area (Å²) in [6.45, 7) is 6.63. The van der Waals surface area contributed by atoms with E-state index in [4.69, 9.17) is 9.84 Å². The predicted molar refractivity (Wildman–Crippen MR) is 82.9 cm³/mol. The number of hydrogen-bond acceptors (Lipinski definition) is 3. The molecule has 0 unspecified atom stereocenters. The van der Waals surface area contributed by atoms with Crippen molar-refractivity contribution >= 4 is 6.09 Å². The number of aliphatic hydroxyl groups excluding tert-OH is 1. The van der Waals surface area contributed by atoms with E-state index in [1.807, 2.05) is 20.8 Å². The first-order valence-electron chi connectivity index (χ1n) is 8.03. The summed E-state index contributed by atoms with van der Waals surface area (Å²) in [5, 5.41) is 11.4. The van der Waals surface area contributed by atoms with E-state index in [0.717, 1.165) is 25.7 Å². The fourth-order valence-corrected chi connectivity index (χ4v) is 1.98. The first-order chi connectivity index (χ1) is 9.45. The average molecular weight is 287 g/mol. The van der Waals surface area contributed by atoms with Crippen molar-refractivity contribution in [3.63, 3.8) is 0 Å². The van der Waals surface area contributed by atoms with Crippen LogP contribution in [0.25, 0.3) is 0 Å². The van der Waals surface area contributed by atoms with E-state index in [1.165, 1.54) is 32.1 Å². The van der Waals surface area contributed by atoms with Gasteiger partial charge in [-0.25, -0.2) is 4.79 Å². The minimum absolute atomic E-state index is 0.318. The Morgan fingerprint density at radius 2 is 1.35 bits per heavy atom. The molecular formula is C16H33NO3. The van der Waals surface area contributed by atoms with Gasteiger partial charge in [0.1, 0.15) is 5.60 Å². The van der Waals surface area contributed by atoms with Gasteiger partial charge in [0.15, 0.2) is 0 Å². The molecule has 0 bridgehead atoms. The van der Waals surface area contributed by atoms with Gasteiger partial charge < -0.3 is 15.2 Å². The third kappa shape index (κ3) is 15.3. The van der Waals surface area contributed by atoms with Crippen LogP contribution in [0.1, 0.15) is 78.6 Å². The van der Waals surface area contributed by atoms with Crippen molar-refractivity contribution in [2.75, 3.05) is 13.2 Å². The maximum Gasteiger partial charge on any atom is 0.407 e. The van der Waals surface area contributed by atoms with Crippen LogP contribution in [0.15, 0.2) is 0 Å². The number of aliphatic hydroxyl groups is 1. The van der Waals surface area contributed by atoms with Gasteiger partial charge in [0.05, 0.1) is 0 Å². The maximum atomic E-state index is 11.4. The average Bonchev–Trinajstić information content (AvgIpc) is 2.34. The number of carbonyl (C=O) groups is 1. The summed E-state index contributed by atoms with van der Waals surface area (Å²) in [6.07, 6.45) is 10.2. The standard InChI is InChI=1S/C16H33NO3/c1-16(2,3)20-15(19)17-13-11-9-7-5-4-6-8-10-12-14-18/h18H,4-14H2,1-3H3,(H,17,19). The molecule has 0 aliphatic carbocycles. The quantitative estimate of drug-likeness (QED) is 0.564. The topological polar surface area (TPSA) is 58.6 Å². The molecular weight excluding hydrogens is 254 g/mol. The SMILES string of the molecule is CC(C)(C)OC(=O)NCCCCCCCCCCCO. The van der Waals surface area contributed by atoms with E-state index in [1.54, 1.807) is 0 Å². The Labute approximate surface area is 124 Å². The van der Waals surface area contributed by atoms with Gasteiger partial charge in [-0.1, -0.05) is 44.9 Å². The summed E-state index contributed by atoms with van der Waals surface area (Å²) in [5.41, 5.74) is -0.417. The molecule has 4 heteroatoms. The second kappa shape index (κ2) is 12.0. The summed E-state index contributed by atoms with van der Waals surface area (Å²) in [4.78, 5) is 11.4. The molecule has 0 rings (SSSR count). The van der Waals surface area contributed by atoms with Crippen molar-refractivity contribution in [1.82, 2.24) is 5.32 Å². The highest BCUT2D eigenvalue weighted by atomic mass is 16.6. The highest BCUT2D eigenvalue weighted by molar-refractivity contribution is 5.67. The van der Waals surface area contributed by atoms with Gasteiger partial charge in [0.25, 0.3) is 0 Å². The molecule has 0 aromatic rings. The van der Waals surface area contributed by atoms with E-state index in [-0.39, 0.29) is 6.09 Å². The molecule has 0 aromatic carbocycles. The molecule has 0 saturated carbocycles. The van der Waals surface area contributed by atoms with E-state index < -0.39 is 5.60 Å². The number of rotatable bonds is 11. The zero-order chi connectivity index (χ0) is 15.3. The molecule has 0 aromatic heterocycles. The van der Waals surface area contributed by atoms with Gasteiger partial charge in [-0.15, -0.1) is 0 Å². The fourth-order valence-electron chi connectivity index (χ4n) is 1.98. The van der Waals surface area contributed by atoms with Gasteiger partial charge in [-0.2, -0.15) is 0 Å². The van der Waals surface area contributed by atoms with Crippen molar-refractivity contribution in [3.05, 3.63) is 0 Å². The lowest BCUT2D eigenvalue weighted by Gasteiger charge is -2.19. The zero-order valence-electron chi connectivity index (χ0n) is 13.5. The molecule has 0 radical (unpaired) electrons. The van der Waals surface area contributed by atoms with Crippen molar-refractivity contribution in [2.45, 2.75) is 84.2 Å². The van der Waals surface area contributed by atoms with E-state index in [2.05, 4.69) is 5.32 Å². The second-order valence-corrected chi connectivity index (χ2v) is 6.33. The third-order valence-corrected chi connectivity index (χ3v) is 3.00. The number of alkyl carbamates (subject to hydrolysis) is 1. The summed E-state index contributed by atoms with van der Waals surface area (Å²) >= 11 is 0. The first kappa shape index (κ1) is 19.2. The Hall–Kier alpha value is -0.770. The number of ether oxygens (including phenoxy) is 1. The van der Waals surface area contributed by atoms with E-state index in [9.17, 15) is 4.79 Å². The number of hydrogen-bond donors (Lipinski definition) is 2. The van der Waals surface area contributed by atoms with Crippen LogP contribution in [0.5, 0.6) is 0 Å². The Morgan fingerprint density at radius 3 is 1.80 bits per heavy atom. The molecule has 2 N–H and O–H groups in total. The lowest BCUT2D eigenvalue weighted by Crippen LogP contribution is -2.32. The molecule has 0 aliphatic heterocycles. The monoisotopic (exact) mass is 287 g/mol. The summed E-state index contributed by atoms with van der Waals surface area (Å²) in [6, 6.07) is 0. The maximum absolute atomic E-state index is 11.4. The molecule has 0 aliphatic rings. The van der Waals surface area contributed by atoms with Crippen LogP contribution in [0.2, 0.25) is 0 Å². The molecule has 1 amide bonds. The largest absolute Gasteiger partial charge is 0.444 e. The zero-order valence-corrected chi connectivity index (χ0v) is 13.5. The summed E-state index contributed by atoms with van der Waals surface area (Å²) < 4.78 is 5.16. The normalized spacial score (nSPS) is 11.4. The third-order valence-electron chi connectivity index (χ3n) is 3.00. The Morgan fingerprint density at radius 1 is 0.900 bits per heavy atom. The molecule has 4 nitrogen and oxygen atoms in total. The number of unbranched alkanes of at least 4 members (excludes halogenated alkanes) is 8. The van der Waals surface area contributed by atoms with E-state index >= 15 is 0 Å². The minimum atomic E-state index is -0.417. The summed E-state index contributed by atoms with van der Waals surface area (Å²) in [5.74, 6) is 0. The number of nitrogens with one attached hydrogen (secondary N) is 1.